The molecule has 1 heterocycles. The van der Waals surface area contributed by atoms with Crippen molar-refractivity contribution in [2.75, 3.05) is 13.1 Å². The number of rotatable bonds is 4. The van der Waals surface area contributed by atoms with Gasteiger partial charge in [0.2, 0.25) is 5.91 Å². The predicted octanol–water partition coefficient (Wildman–Crippen LogP) is 3.00. The topological polar surface area (TPSA) is 41.1 Å². The summed E-state index contributed by atoms with van der Waals surface area (Å²) < 4.78 is 0. The van der Waals surface area contributed by atoms with E-state index in [0.29, 0.717) is 11.9 Å². The largest absolute Gasteiger partial charge is 0.353 e. The Morgan fingerprint density at radius 3 is 2.53 bits per heavy atom. The van der Waals surface area contributed by atoms with Crippen molar-refractivity contribution in [3.8, 4) is 0 Å². The fourth-order valence-electron chi connectivity index (χ4n) is 3.73. The van der Waals surface area contributed by atoms with E-state index in [0.717, 1.165) is 38.8 Å². The Kier molecular flexibility index (Phi) is 5.68. The van der Waals surface area contributed by atoms with E-state index < -0.39 is 0 Å². The van der Waals surface area contributed by atoms with Crippen molar-refractivity contribution in [1.82, 2.24) is 10.6 Å². The number of nitrogens with one attached hydrogen (secondary N) is 2. The minimum atomic E-state index is -0.126. The molecule has 2 N–H and O–H groups in total. The average Bonchev–Trinajstić information content (AvgIpc) is 2.69. The molecule has 1 atom stereocenters. The lowest BCUT2D eigenvalue weighted by Crippen LogP contribution is -2.52. The summed E-state index contributed by atoms with van der Waals surface area (Å²) in [5.74, 6) is 0.327. The molecule has 1 aliphatic heterocycles. The van der Waals surface area contributed by atoms with Crippen LogP contribution in [0.5, 0.6) is 0 Å². The van der Waals surface area contributed by atoms with Crippen molar-refractivity contribution in [1.29, 1.82) is 0 Å². The van der Waals surface area contributed by atoms with Crippen molar-refractivity contribution in [3.63, 3.8) is 0 Å². The Morgan fingerprint density at radius 1 is 1.21 bits per heavy atom. The van der Waals surface area contributed by atoms with Crippen LogP contribution in [0, 0.1) is 5.41 Å². The van der Waals surface area contributed by atoms with Crippen LogP contribution in [0.1, 0.15) is 71.1 Å². The Morgan fingerprint density at radius 2 is 1.95 bits per heavy atom. The number of carbonyl (C=O) groups excluding carboxylic acids is 1. The van der Waals surface area contributed by atoms with E-state index in [1.165, 1.54) is 38.5 Å². The normalized spacial score (nSPS) is 29.7. The highest BCUT2D eigenvalue weighted by Crippen LogP contribution is 2.32. The highest BCUT2D eigenvalue weighted by Gasteiger charge is 2.39. The second kappa shape index (κ2) is 7.28. The smallest absolute Gasteiger partial charge is 0.227 e. The molecule has 1 unspecified atom stereocenters. The zero-order valence-electron chi connectivity index (χ0n) is 12.5. The Labute approximate surface area is 117 Å². The van der Waals surface area contributed by atoms with Crippen LogP contribution >= 0.6 is 0 Å². The van der Waals surface area contributed by atoms with Gasteiger partial charge in [0.1, 0.15) is 0 Å². The fourth-order valence-corrected chi connectivity index (χ4v) is 3.73. The van der Waals surface area contributed by atoms with Gasteiger partial charge in [0.05, 0.1) is 5.41 Å². The van der Waals surface area contributed by atoms with Gasteiger partial charge in [-0.15, -0.1) is 0 Å². The van der Waals surface area contributed by atoms with Crippen molar-refractivity contribution >= 4 is 5.91 Å². The molecule has 0 spiro atoms. The maximum absolute atomic E-state index is 12.7. The molecule has 0 radical (unpaired) electrons. The lowest BCUT2D eigenvalue weighted by atomic mass is 9.76. The molecule has 3 nitrogen and oxygen atoms in total. The molecule has 0 bridgehead atoms. The zero-order chi connectivity index (χ0) is 13.6. The van der Waals surface area contributed by atoms with E-state index in [9.17, 15) is 4.79 Å². The van der Waals surface area contributed by atoms with Crippen molar-refractivity contribution in [2.24, 2.45) is 5.41 Å². The van der Waals surface area contributed by atoms with E-state index in [1.54, 1.807) is 0 Å². The fraction of sp³-hybridized carbons (Fsp3) is 0.938. The molecule has 0 aromatic rings. The third kappa shape index (κ3) is 3.95. The number of piperidine rings is 1. The summed E-state index contributed by atoms with van der Waals surface area (Å²) in [5, 5.41) is 6.81. The van der Waals surface area contributed by atoms with Crippen LogP contribution in [0.2, 0.25) is 0 Å². The molecule has 2 fully saturated rings. The van der Waals surface area contributed by atoms with Crippen LogP contribution < -0.4 is 10.6 Å². The van der Waals surface area contributed by atoms with Gasteiger partial charge in [0.25, 0.3) is 0 Å². The van der Waals surface area contributed by atoms with Crippen molar-refractivity contribution in [3.05, 3.63) is 0 Å². The van der Waals surface area contributed by atoms with Gasteiger partial charge in [0.15, 0.2) is 0 Å². The third-order valence-corrected chi connectivity index (χ3v) is 4.87. The van der Waals surface area contributed by atoms with Crippen LogP contribution in [0.3, 0.4) is 0 Å². The van der Waals surface area contributed by atoms with E-state index in [-0.39, 0.29) is 5.41 Å². The van der Waals surface area contributed by atoms with Crippen molar-refractivity contribution < 1.29 is 4.79 Å². The predicted molar refractivity (Wildman–Crippen MR) is 79.1 cm³/mol. The summed E-state index contributed by atoms with van der Waals surface area (Å²) in [6, 6.07) is 0.436. The van der Waals surface area contributed by atoms with Crippen LogP contribution in [-0.4, -0.2) is 25.0 Å². The second-order valence-electron chi connectivity index (χ2n) is 6.47. The van der Waals surface area contributed by atoms with E-state index in [1.807, 2.05) is 0 Å². The van der Waals surface area contributed by atoms with Gasteiger partial charge in [-0.05, 0) is 38.6 Å². The lowest BCUT2D eigenvalue weighted by Gasteiger charge is -2.37. The SMILES string of the molecule is CCCC1(C(=O)NC2CCCCCC2)CCCNC1. The van der Waals surface area contributed by atoms with Crippen LogP contribution in [0.4, 0.5) is 0 Å². The first-order valence-corrected chi connectivity index (χ1v) is 8.28. The molecule has 110 valence electrons. The highest BCUT2D eigenvalue weighted by molar-refractivity contribution is 5.83. The maximum atomic E-state index is 12.7. The minimum Gasteiger partial charge on any atom is -0.353 e. The molecule has 2 aliphatic rings. The van der Waals surface area contributed by atoms with Gasteiger partial charge in [-0.1, -0.05) is 39.0 Å². The average molecular weight is 266 g/mol. The Balaban J connectivity index is 1.94. The number of hydrogen-bond donors (Lipinski definition) is 2. The van der Waals surface area contributed by atoms with E-state index in [4.69, 9.17) is 0 Å². The Bertz CT molecular complexity index is 271. The quantitative estimate of drug-likeness (QED) is 0.768. The summed E-state index contributed by atoms with van der Waals surface area (Å²) in [4.78, 5) is 12.7. The molecular formula is C16H30N2O. The number of carbonyl (C=O) groups is 1. The van der Waals surface area contributed by atoms with E-state index in [2.05, 4.69) is 17.6 Å². The van der Waals surface area contributed by atoms with Crippen LogP contribution in [-0.2, 0) is 4.79 Å². The van der Waals surface area contributed by atoms with Crippen molar-refractivity contribution in [2.45, 2.75) is 77.2 Å². The third-order valence-electron chi connectivity index (χ3n) is 4.87. The molecule has 19 heavy (non-hydrogen) atoms. The molecule has 1 amide bonds. The first-order valence-electron chi connectivity index (χ1n) is 8.28. The van der Waals surface area contributed by atoms with Gasteiger partial charge in [0, 0.05) is 12.6 Å². The van der Waals surface area contributed by atoms with Gasteiger partial charge < -0.3 is 10.6 Å². The molecule has 1 saturated carbocycles. The summed E-state index contributed by atoms with van der Waals surface area (Å²) >= 11 is 0. The molecular weight excluding hydrogens is 236 g/mol. The summed E-state index contributed by atoms with van der Waals surface area (Å²) in [6.45, 7) is 4.14. The van der Waals surface area contributed by atoms with Gasteiger partial charge >= 0.3 is 0 Å². The summed E-state index contributed by atoms with van der Waals surface area (Å²) in [5.41, 5.74) is -0.126. The second-order valence-corrected chi connectivity index (χ2v) is 6.47. The lowest BCUT2D eigenvalue weighted by molar-refractivity contribution is -0.133. The Hall–Kier alpha value is -0.570. The number of hydrogen-bond acceptors (Lipinski definition) is 2. The first-order chi connectivity index (χ1) is 9.27. The molecule has 2 rings (SSSR count). The van der Waals surface area contributed by atoms with Gasteiger partial charge in [-0.2, -0.15) is 0 Å². The van der Waals surface area contributed by atoms with Gasteiger partial charge in [-0.3, -0.25) is 4.79 Å². The number of amides is 1. The molecule has 0 aromatic heterocycles. The van der Waals surface area contributed by atoms with Crippen LogP contribution in [0.15, 0.2) is 0 Å². The highest BCUT2D eigenvalue weighted by atomic mass is 16.2. The summed E-state index contributed by atoms with van der Waals surface area (Å²) in [6.07, 6.45) is 11.9. The standard InChI is InChI=1S/C16H30N2O/c1-2-10-16(11-7-12-17-13-16)15(19)18-14-8-5-3-4-6-9-14/h14,17H,2-13H2,1H3,(H,18,19). The monoisotopic (exact) mass is 266 g/mol. The van der Waals surface area contributed by atoms with E-state index >= 15 is 0 Å². The molecule has 1 saturated heterocycles. The van der Waals surface area contributed by atoms with Crippen LogP contribution in [0.25, 0.3) is 0 Å². The van der Waals surface area contributed by atoms with Gasteiger partial charge in [-0.25, -0.2) is 0 Å². The zero-order valence-corrected chi connectivity index (χ0v) is 12.5. The maximum Gasteiger partial charge on any atom is 0.227 e. The summed E-state index contributed by atoms with van der Waals surface area (Å²) in [7, 11) is 0. The minimum absolute atomic E-state index is 0.126. The molecule has 1 aliphatic carbocycles. The molecule has 0 aromatic carbocycles. The molecule has 3 heteroatoms. The first kappa shape index (κ1) is 14.8.